The third-order valence-electron chi connectivity index (χ3n) is 5.22. The van der Waals surface area contributed by atoms with E-state index in [0.29, 0.717) is 6.42 Å². The van der Waals surface area contributed by atoms with Gasteiger partial charge in [-0.15, -0.1) is 0 Å². The maximum Gasteiger partial charge on any atom is 0.253 e. The first kappa shape index (κ1) is 29.1. The molecule has 0 aliphatic carbocycles. The van der Waals surface area contributed by atoms with E-state index in [4.69, 9.17) is 0 Å². The first-order valence-electron chi connectivity index (χ1n) is 12.0. The molecule has 7 heteroatoms. The quantitative estimate of drug-likeness (QED) is 0.135. The van der Waals surface area contributed by atoms with E-state index >= 15 is 0 Å². The third kappa shape index (κ3) is 20.4. The molecule has 1 rings (SSSR count). The molecule has 0 amide bonds. The Morgan fingerprint density at radius 1 is 0.833 bits per heavy atom. The van der Waals surface area contributed by atoms with Crippen molar-refractivity contribution < 1.29 is 21.7 Å². The van der Waals surface area contributed by atoms with E-state index < -0.39 is 10.4 Å². The van der Waals surface area contributed by atoms with Gasteiger partial charge in [0.1, 0.15) is 12.4 Å². The molecule has 0 bridgehead atoms. The fourth-order valence-corrected chi connectivity index (χ4v) is 3.65. The maximum absolute atomic E-state index is 10.1. The lowest BCUT2D eigenvalue weighted by atomic mass is 10.1. The standard InChI is InChI=1S/C12H26O4S.C11H20N2/c1-2-3-4-5-6-7-8-9-10-11-12-16-17(13,14)15;1-3-4-5-6-7-8-11-12-9-10-13(11)2/h2-12H2,1H3,(H,13,14,15);9-10H,3-8H2,1-2H3. The number of unbranched alkanes of at least 4 members (excludes halogenated alkanes) is 13. The van der Waals surface area contributed by atoms with Crippen LogP contribution in [0.2, 0.25) is 0 Å². The van der Waals surface area contributed by atoms with Gasteiger partial charge in [-0.25, -0.2) is 18.0 Å². The van der Waals surface area contributed by atoms with Gasteiger partial charge in [0.25, 0.3) is 5.82 Å². The second-order valence-corrected chi connectivity index (χ2v) is 9.15. The number of imidazole rings is 1. The van der Waals surface area contributed by atoms with E-state index in [9.17, 15) is 13.0 Å². The second-order valence-electron chi connectivity index (χ2n) is 8.09. The van der Waals surface area contributed by atoms with Crippen molar-refractivity contribution in [1.29, 1.82) is 0 Å². The van der Waals surface area contributed by atoms with Crippen LogP contribution in [0, 0.1) is 0 Å². The summed E-state index contributed by atoms with van der Waals surface area (Å²) in [5.74, 6) is 1.34. The lowest BCUT2D eigenvalue weighted by molar-refractivity contribution is -0.677. The summed E-state index contributed by atoms with van der Waals surface area (Å²) >= 11 is 0. The normalized spacial score (nSPS) is 11.3. The molecule has 0 aliphatic heterocycles. The van der Waals surface area contributed by atoms with Crippen molar-refractivity contribution in [2.45, 2.75) is 117 Å². The van der Waals surface area contributed by atoms with E-state index in [1.807, 2.05) is 6.20 Å². The zero-order valence-electron chi connectivity index (χ0n) is 19.7. The van der Waals surface area contributed by atoms with Gasteiger partial charge in [0.05, 0.1) is 13.7 Å². The summed E-state index contributed by atoms with van der Waals surface area (Å²) in [7, 11) is -2.39. The molecule has 178 valence electrons. The molecule has 0 aliphatic rings. The Labute approximate surface area is 185 Å². The van der Waals surface area contributed by atoms with Crippen LogP contribution in [0.25, 0.3) is 0 Å². The lowest BCUT2D eigenvalue weighted by Gasteiger charge is -2.06. The average molecular weight is 447 g/mol. The van der Waals surface area contributed by atoms with Gasteiger partial charge in [0, 0.05) is 6.42 Å². The molecule has 0 radical (unpaired) electrons. The van der Waals surface area contributed by atoms with Gasteiger partial charge >= 0.3 is 0 Å². The predicted octanol–water partition coefficient (Wildman–Crippen LogP) is 5.74. The molecule has 1 heterocycles. The summed E-state index contributed by atoms with van der Waals surface area (Å²) in [6, 6.07) is 0. The topological polar surface area (TPSA) is 86.1 Å². The van der Waals surface area contributed by atoms with Crippen LogP contribution >= 0.6 is 0 Å². The number of hydrogen-bond acceptors (Lipinski definition) is 4. The van der Waals surface area contributed by atoms with Crippen LogP contribution in [0.15, 0.2) is 12.4 Å². The van der Waals surface area contributed by atoms with Gasteiger partial charge in [0.2, 0.25) is 10.4 Å². The van der Waals surface area contributed by atoms with E-state index in [1.165, 1.54) is 89.3 Å². The van der Waals surface area contributed by atoms with Gasteiger partial charge in [-0.1, -0.05) is 97.3 Å². The molecule has 0 spiro atoms. The molecule has 0 saturated carbocycles. The highest BCUT2D eigenvalue weighted by Crippen LogP contribution is 2.10. The van der Waals surface area contributed by atoms with Crippen LogP contribution in [0.1, 0.15) is 116 Å². The number of rotatable bonds is 18. The molecule has 1 aromatic heterocycles. The number of hydrogen-bond donors (Lipinski definition) is 1. The molecule has 6 nitrogen and oxygen atoms in total. The zero-order chi connectivity index (χ0) is 22.5. The molecule has 0 atom stereocenters. The average Bonchev–Trinajstić information content (AvgIpc) is 3.10. The highest BCUT2D eigenvalue weighted by molar-refractivity contribution is 7.80. The Kier molecular flexibility index (Phi) is 19.4. The molecular formula is C23H46N2O4S. The minimum absolute atomic E-state index is 0.0301. The lowest BCUT2D eigenvalue weighted by Crippen LogP contribution is -2.30. The van der Waals surface area contributed by atoms with Gasteiger partial charge in [-0.2, -0.15) is 0 Å². The molecule has 0 unspecified atom stereocenters. The maximum atomic E-state index is 10.1. The van der Waals surface area contributed by atoms with Crippen molar-refractivity contribution >= 4 is 10.4 Å². The summed E-state index contributed by atoms with van der Waals surface area (Å²) in [6.45, 7) is 4.50. The predicted molar refractivity (Wildman–Crippen MR) is 122 cm³/mol. The van der Waals surface area contributed by atoms with E-state index in [2.05, 4.69) is 40.8 Å². The minimum Gasteiger partial charge on any atom is -0.726 e. The SMILES string of the molecule is CCCCCCCCCCCCOS(=O)(=O)[O-].CCCCCCCc1[nH]cc[n+]1C. The Bertz CT molecular complexity index is 588. The summed E-state index contributed by atoms with van der Waals surface area (Å²) in [4.78, 5) is 3.26. The smallest absolute Gasteiger partial charge is 0.253 e. The van der Waals surface area contributed by atoms with Gasteiger partial charge < -0.3 is 4.55 Å². The summed E-state index contributed by atoms with van der Waals surface area (Å²) in [5.41, 5.74) is 0. The van der Waals surface area contributed by atoms with Crippen molar-refractivity contribution in [1.82, 2.24) is 4.98 Å². The molecule has 1 N–H and O–H groups in total. The van der Waals surface area contributed by atoms with Gasteiger partial charge in [-0.3, -0.25) is 4.18 Å². The molecule has 0 fully saturated rings. The fraction of sp³-hybridized carbons (Fsp3) is 0.870. The van der Waals surface area contributed by atoms with Crippen molar-refractivity contribution in [2.75, 3.05) is 6.61 Å². The number of aromatic amines is 1. The monoisotopic (exact) mass is 446 g/mol. The molecule has 0 saturated heterocycles. The Morgan fingerprint density at radius 3 is 1.73 bits per heavy atom. The number of nitrogens with one attached hydrogen (secondary N) is 1. The van der Waals surface area contributed by atoms with Crippen LogP contribution in [-0.2, 0) is 28.1 Å². The van der Waals surface area contributed by atoms with Crippen molar-refractivity contribution in [3.05, 3.63) is 18.2 Å². The largest absolute Gasteiger partial charge is 0.726 e. The van der Waals surface area contributed by atoms with Crippen LogP contribution in [0.5, 0.6) is 0 Å². The number of H-pyrrole nitrogens is 1. The number of nitrogens with zero attached hydrogens (tertiary/aromatic N) is 1. The second kappa shape index (κ2) is 20.0. The highest BCUT2D eigenvalue weighted by atomic mass is 32.3. The molecule has 1 aromatic rings. The molecule has 0 aromatic carbocycles. The van der Waals surface area contributed by atoms with E-state index in [0.717, 1.165) is 12.8 Å². The van der Waals surface area contributed by atoms with Crippen LogP contribution in [-0.4, -0.2) is 24.6 Å². The van der Waals surface area contributed by atoms with Crippen LogP contribution in [0.4, 0.5) is 0 Å². The minimum atomic E-state index is -4.48. The summed E-state index contributed by atoms with van der Waals surface area (Å²) in [6.07, 6.45) is 23.7. The molecular weight excluding hydrogens is 400 g/mol. The van der Waals surface area contributed by atoms with E-state index in [-0.39, 0.29) is 6.61 Å². The van der Waals surface area contributed by atoms with Gasteiger partial charge in [0.15, 0.2) is 0 Å². The van der Waals surface area contributed by atoms with Crippen molar-refractivity contribution in [2.24, 2.45) is 7.05 Å². The number of aryl methyl sites for hydroxylation is 2. The third-order valence-corrected chi connectivity index (χ3v) is 5.67. The first-order valence-corrected chi connectivity index (χ1v) is 13.4. The van der Waals surface area contributed by atoms with E-state index in [1.54, 1.807) is 0 Å². The Hall–Kier alpha value is -0.920. The van der Waals surface area contributed by atoms with Crippen LogP contribution < -0.4 is 4.57 Å². The Balaban J connectivity index is 0.000000579. The Morgan fingerprint density at radius 2 is 1.30 bits per heavy atom. The van der Waals surface area contributed by atoms with Crippen LogP contribution in [0.3, 0.4) is 0 Å². The van der Waals surface area contributed by atoms with Gasteiger partial charge in [-0.05, 0) is 12.8 Å². The fourth-order valence-electron chi connectivity index (χ4n) is 3.33. The summed E-state index contributed by atoms with van der Waals surface area (Å²) < 4.78 is 36.6. The van der Waals surface area contributed by atoms with Crippen molar-refractivity contribution in [3.8, 4) is 0 Å². The first-order chi connectivity index (χ1) is 14.4. The molecule has 30 heavy (non-hydrogen) atoms. The highest BCUT2D eigenvalue weighted by Gasteiger charge is 2.04. The van der Waals surface area contributed by atoms with Crippen molar-refractivity contribution in [3.63, 3.8) is 0 Å². The zero-order valence-corrected chi connectivity index (χ0v) is 20.5. The number of aromatic nitrogens is 2. The summed E-state index contributed by atoms with van der Waals surface area (Å²) in [5, 5.41) is 0.